The maximum absolute atomic E-state index is 3.54. The van der Waals surface area contributed by atoms with Crippen LogP contribution in [-0.2, 0) is 0 Å². The van der Waals surface area contributed by atoms with Crippen molar-refractivity contribution in [3.63, 3.8) is 0 Å². The van der Waals surface area contributed by atoms with Gasteiger partial charge in [-0.2, -0.15) is 0 Å². The van der Waals surface area contributed by atoms with Gasteiger partial charge in [-0.1, -0.05) is 19.1 Å². The van der Waals surface area contributed by atoms with Crippen LogP contribution >= 0.6 is 0 Å². The molecule has 0 aromatic heterocycles. The lowest BCUT2D eigenvalue weighted by atomic mass is 9.96. The summed E-state index contributed by atoms with van der Waals surface area (Å²) in [7, 11) is 0. The van der Waals surface area contributed by atoms with Crippen molar-refractivity contribution in [2.45, 2.75) is 47.1 Å². The summed E-state index contributed by atoms with van der Waals surface area (Å²) in [5, 5.41) is 3.54. The SMILES string of the molecule is CCCNC(C)c1cc(C)c(C)cc1C. The third-order valence-electron chi connectivity index (χ3n) is 3.05. The van der Waals surface area contributed by atoms with Gasteiger partial charge in [0.15, 0.2) is 0 Å². The van der Waals surface area contributed by atoms with E-state index < -0.39 is 0 Å². The summed E-state index contributed by atoms with van der Waals surface area (Å²) < 4.78 is 0. The first-order valence-corrected chi connectivity index (χ1v) is 5.87. The smallest absolute Gasteiger partial charge is 0.0294 e. The molecule has 1 aromatic rings. The van der Waals surface area contributed by atoms with Crippen LogP contribution < -0.4 is 5.32 Å². The van der Waals surface area contributed by atoms with Crippen molar-refractivity contribution in [3.8, 4) is 0 Å². The minimum absolute atomic E-state index is 0.462. The molecule has 0 bridgehead atoms. The van der Waals surface area contributed by atoms with Crippen molar-refractivity contribution in [2.75, 3.05) is 6.54 Å². The normalized spacial score (nSPS) is 12.9. The molecule has 1 nitrogen and oxygen atoms in total. The summed E-state index contributed by atoms with van der Waals surface area (Å²) in [5.41, 5.74) is 5.61. The van der Waals surface area contributed by atoms with Crippen LogP contribution in [0.15, 0.2) is 12.1 Å². The van der Waals surface area contributed by atoms with Crippen LogP contribution in [0.1, 0.15) is 48.6 Å². The molecule has 1 aromatic carbocycles. The van der Waals surface area contributed by atoms with Crippen molar-refractivity contribution < 1.29 is 0 Å². The lowest BCUT2D eigenvalue weighted by molar-refractivity contribution is 0.568. The maximum Gasteiger partial charge on any atom is 0.0294 e. The van der Waals surface area contributed by atoms with Gasteiger partial charge < -0.3 is 5.32 Å². The molecule has 0 fully saturated rings. The lowest BCUT2D eigenvalue weighted by Crippen LogP contribution is -2.20. The maximum atomic E-state index is 3.54. The molecule has 0 heterocycles. The monoisotopic (exact) mass is 205 g/mol. The number of aryl methyl sites for hydroxylation is 3. The lowest BCUT2D eigenvalue weighted by Gasteiger charge is -2.18. The van der Waals surface area contributed by atoms with Crippen LogP contribution in [0.2, 0.25) is 0 Å². The zero-order valence-electron chi connectivity index (χ0n) is 10.6. The van der Waals surface area contributed by atoms with Gasteiger partial charge in [0.25, 0.3) is 0 Å². The zero-order valence-corrected chi connectivity index (χ0v) is 10.6. The van der Waals surface area contributed by atoms with Gasteiger partial charge in [-0.05, 0) is 62.9 Å². The summed E-state index contributed by atoms with van der Waals surface area (Å²) in [4.78, 5) is 0. The predicted octanol–water partition coefficient (Wildman–Crippen LogP) is 3.67. The average molecular weight is 205 g/mol. The van der Waals surface area contributed by atoms with Gasteiger partial charge in [-0.15, -0.1) is 0 Å². The third kappa shape index (κ3) is 3.07. The van der Waals surface area contributed by atoms with Crippen molar-refractivity contribution >= 4 is 0 Å². The van der Waals surface area contributed by atoms with Gasteiger partial charge in [-0.3, -0.25) is 0 Å². The van der Waals surface area contributed by atoms with Crippen molar-refractivity contribution in [2.24, 2.45) is 0 Å². The van der Waals surface area contributed by atoms with Gasteiger partial charge in [0.1, 0.15) is 0 Å². The third-order valence-corrected chi connectivity index (χ3v) is 3.05. The number of hydrogen-bond acceptors (Lipinski definition) is 1. The Labute approximate surface area is 93.9 Å². The van der Waals surface area contributed by atoms with E-state index in [-0.39, 0.29) is 0 Å². The highest BCUT2D eigenvalue weighted by Crippen LogP contribution is 2.21. The Balaban J connectivity index is 2.88. The van der Waals surface area contributed by atoms with Crippen molar-refractivity contribution in [3.05, 3.63) is 34.4 Å². The van der Waals surface area contributed by atoms with Crippen molar-refractivity contribution in [1.29, 1.82) is 0 Å². The van der Waals surface area contributed by atoms with E-state index in [2.05, 4.69) is 52.1 Å². The topological polar surface area (TPSA) is 12.0 Å². The molecule has 15 heavy (non-hydrogen) atoms. The standard InChI is InChI=1S/C14H23N/c1-6-7-15-13(5)14-9-11(3)10(2)8-12(14)4/h8-9,13,15H,6-7H2,1-5H3. The number of rotatable bonds is 4. The minimum Gasteiger partial charge on any atom is -0.310 e. The molecule has 0 aliphatic heterocycles. The summed E-state index contributed by atoms with van der Waals surface area (Å²) in [6.45, 7) is 12.1. The molecular formula is C14H23N. The van der Waals surface area contributed by atoms with E-state index in [1.54, 1.807) is 0 Å². The highest BCUT2D eigenvalue weighted by molar-refractivity contribution is 5.37. The molecule has 0 saturated heterocycles. The highest BCUT2D eigenvalue weighted by atomic mass is 14.9. The average Bonchev–Trinajstić information content (AvgIpc) is 2.20. The second-order valence-electron chi connectivity index (χ2n) is 4.47. The molecule has 1 rings (SSSR count). The van der Waals surface area contributed by atoms with Gasteiger partial charge in [0, 0.05) is 6.04 Å². The molecule has 0 aliphatic rings. The number of nitrogens with one attached hydrogen (secondary N) is 1. The molecule has 0 amide bonds. The van der Waals surface area contributed by atoms with E-state index in [9.17, 15) is 0 Å². The number of benzene rings is 1. The molecule has 1 heteroatoms. The fourth-order valence-corrected chi connectivity index (χ4v) is 1.92. The Bertz CT molecular complexity index is 328. The summed E-state index contributed by atoms with van der Waals surface area (Å²) in [6, 6.07) is 5.07. The summed E-state index contributed by atoms with van der Waals surface area (Å²) in [6.07, 6.45) is 1.19. The Hall–Kier alpha value is -0.820. The Kier molecular flexibility index (Phi) is 4.34. The van der Waals surface area contributed by atoms with E-state index in [4.69, 9.17) is 0 Å². The Morgan fingerprint density at radius 1 is 1.07 bits per heavy atom. The van der Waals surface area contributed by atoms with Crippen LogP contribution in [0, 0.1) is 20.8 Å². The molecule has 0 radical (unpaired) electrons. The zero-order chi connectivity index (χ0) is 11.4. The van der Waals surface area contributed by atoms with Crippen LogP contribution in [0.25, 0.3) is 0 Å². The molecule has 0 spiro atoms. The van der Waals surface area contributed by atoms with E-state index in [1.807, 2.05) is 0 Å². The largest absolute Gasteiger partial charge is 0.310 e. The number of hydrogen-bond donors (Lipinski definition) is 1. The fraction of sp³-hybridized carbons (Fsp3) is 0.571. The summed E-state index contributed by atoms with van der Waals surface area (Å²) >= 11 is 0. The first kappa shape index (κ1) is 12.3. The molecule has 0 aliphatic carbocycles. The minimum atomic E-state index is 0.462. The summed E-state index contributed by atoms with van der Waals surface area (Å²) in [5.74, 6) is 0. The van der Waals surface area contributed by atoms with Crippen LogP contribution in [0.5, 0.6) is 0 Å². The first-order chi connectivity index (χ1) is 7.06. The second-order valence-corrected chi connectivity index (χ2v) is 4.47. The van der Waals surface area contributed by atoms with Crippen molar-refractivity contribution in [1.82, 2.24) is 5.32 Å². The quantitative estimate of drug-likeness (QED) is 0.790. The molecule has 1 unspecified atom stereocenters. The highest BCUT2D eigenvalue weighted by Gasteiger charge is 2.08. The predicted molar refractivity (Wildman–Crippen MR) is 67.4 cm³/mol. The van der Waals surface area contributed by atoms with Gasteiger partial charge >= 0.3 is 0 Å². The molecule has 1 N–H and O–H groups in total. The molecule has 84 valence electrons. The van der Waals surface area contributed by atoms with E-state index in [0.717, 1.165) is 6.54 Å². The van der Waals surface area contributed by atoms with Gasteiger partial charge in [-0.25, -0.2) is 0 Å². The van der Waals surface area contributed by atoms with Gasteiger partial charge in [0.05, 0.1) is 0 Å². The first-order valence-electron chi connectivity index (χ1n) is 5.87. The molecular weight excluding hydrogens is 182 g/mol. The molecule has 1 atom stereocenters. The van der Waals surface area contributed by atoms with Crippen LogP contribution in [0.3, 0.4) is 0 Å². The van der Waals surface area contributed by atoms with E-state index >= 15 is 0 Å². The van der Waals surface area contributed by atoms with Crippen LogP contribution in [-0.4, -0.2) is 6.54 Å². The van der Waals surface area contributed by atoms with E-state index in [0.29, 0.717) is 6.04 Å². The Morgan fingerprint density at radius 3 is 2.27 bits per heavy atom. The van der Waals surface area contributed by atoms with Gasteiger partial charge in [0.2, 0.25) is 0 Å². The fourth-order valence-electron chi connectivity index (χ4n) is 1.92. The second kappa shape index (κ2) is 5.32. The molecule has 0 saturated carbocycles. The van der Waals surface area contributed by atoms with E-state index in [1.165, 1.54) is 28.7 Å². The van der Waals surface area contributed by atoms with Crippen LogP contribution in [0.4, 0.5) is 0 Å². The Morgan fingerprint density at radius 2 is 1.67 bits per heavy atom.